The molecule has 3 atom stereocenters. The Morgan fingerprint density at radius 3 is 2.48 bits per heavy atom. The first-order chi connectivity index (χ1) is 14.5. The lowest BCUT2D eigenvalue weighted by Gasteiger charge is -2.19. The molecule has 3 N–H and O–H groups in total. The fourth-order valence-corrected chi connectivity index (χ4v) is 3.53. The quantitative estimate of drug-likeness (QED) is 0.166. The zero-order valence-electron chi connectivity index (χ0n) is 18.4. The maximum absolute atomic E-state index is 12.7. The van der Waals surface area contributed by atoms with E-state index in [1.54, 1.807) is 31.2 Å². The van der Waals surface area contributed by atoms with Crippen LogP contribution in [0.5, 0.6) is 0 Å². The maximum atomic E-state index is 12.7. The summed E-state index contributed by atoms with van der Waals surface area (Å²) in [5.74, 6) is -1.98. The Morgan fingerprint density at radius 1 is 1.23 bits per heavy atom. The van der Waals surface area contributed by atoms with Gasteiger partial charge in [0.25, 0.3) is 5.91 Å². The van der Waals surface area contributed by atoms with Gasteiger partial charge in [-0.15, -0.1) is 0 Å². The van der Waals surface area contributed by atoms with E-state index in [9.17, 15) is 19.5 Å². The summed E-state index contributed by atoms with van der Waals surface area (Å²) in [7, 11) is 1.32. The van der Waals surface area contributed by atoms with E-state index in [2.05, 4.69) is 5.32 Å². The van der Waals surface area contributed by atoms with Gasteiger partial charge in [0.2, 0.25) is 11.4 Å². The summed E-state index contributed by atoms with van der Waals surface area (Å²) >= 11 is 0. The zero-order chi connectivity index (χ0) is 23.4. The Balaban J connectivity index is 2.09. The number of hydrogen-bond acceptors (Lipinski definition) is 7. The molecule has 0 spiro atoms. The zero-order valence-corrected chi connectivity index (χ0v) is 18.4. The number of fused-ring (bicyclic) bond motifs is 1. The van der Waals surface area contributed by atoms with Crippen molar-refractivity contribution in [3.63, 3.8) is 0 Å². The largest absolute Gasteiger partial charge is 0.465 e. The van der Waals surface area contributed by atoms with Gasteiger partial charge in [-0.05, 0) is 39.3 Å². The number of ether oxygens (including phenoxy) is 2. The van der Waals surface area contributed by atoms with Gasteiger partial charge >= 0.3 is 5.97 Å². The number of aliphatic hydroxyl groups excluding tert-OH is 1. The van der Waals surface area contributed by atoms with Crippen LogP contribution in [-0.4, -0.2) is 59.0 Å². The number of Topliss-reactive ketones (excluding diaryl/α,β-unsaturated/α-hetero) is 1. The van der Waals surface area contributed by atoms with Crippen LogP contribution in [-0.2, 0) is 23.9 Å². The molecule has 31 heavy (non-hydrogen) atoms. The molecule has 0 aromatic heterocycles. The van der Waals surface area contributed by atoms with Crippen molar-refractivity contribution < 1.29 is 34.1 Å². The van der Waals surface area contributed by atoms with Gasteiger partial charge in [-0.3, -0.25) is 9.59 Å². The summed E-state index contributed by atoms with van der Waals surface area (Å²) in [6.07, 6.45) is 9.20. The van der Waals surface area contributed by atoms with Crippen molar-refractivity contribution in [1.82, 2.24) is 5.32 Å². The van der Waals surface area contributed by atoms with Crippen LogP contribution in [0, 0.1) is 0 Å². The third kappa shape index (κ3) is 4.92. The molecule has 0 aromatic rings. The number of hydrogen-bond donors (Lipinski definition) is 3. The molecule has 0 aromatic carbocycles. The molecule has 2 heterocycles. The third-order valence-corrected chi connectivity index (χ3v) is 5.21. The van der Waals surface area contributed by atoms with Crippen molar-refractivity contribution in [2.45, 2.75) is 51.5 Å². The van der Waals surface area contributed by atoms with E-state index in [0.29, 0.717) is 5.57 Å². The molecule has 0 unspecified atom stereocenters. The van der Waals surface area contributed by atoms with Crippen LogP contribution in [0.1, 0.15) is 34.1 Å². The third-order valence-electron chi connectivity index (χ3n) is 5.21. The number of esters is 1. The van der Waals surface area contributed by atoms with Gasteiger partial charge in [-0.25, -0.2) is 4.79 Å². The average Bonchev–Trinajstić information content (AvgIpc) is 3.38. The highest BCUT2D eigenvalue weighted by Gasteiger charge is 2.78. The number of aliphatic hydroxyl groups is 2. The summed E-state index contributed by atoms with van der Waals surface area (Å²) in [4.78, 5) is 36.6. The van der Waals surface area contributed by atoms with Crippen LogP contribution in [0.3, 0.4) is 0 Å². The smallest absolute Gasteiger partial charge is 0.337 e. The van der Waals surface area contributed by atoms with Crippen LogP contribution >= 0.6 is 0 Å². The van der Waals surface area contributed by atoms with Gasteiger partial charge in [0, 0.05) is 13.0 Å². The van der Waals surface area contributed by atoms with E-state index in [-0.39, 0.29) is 18.6 Å². The topological polar surface area (TPSA) is 125 Å². The summed E-state index contributed by atoms with van der Waals surface area (Å²) < 4.78 is 10.0. The van der Waals surface area contributed by atoms with Crippen molar-refractivity contribution in [3.8, 4) is 0 Å². The van der Waals surface area contributed by atoms with E-state index >= 15 is 0 Å². The van der Waals surface area contributed by atoms with E-state index in [1.807, 2.05) is 19.9 Å². The first kappa shape index (κ1) is 24.5. The minimum absolute atomic E-state index is 0.101. The van der Waals surface area contributed by atoms with Crippen LogP contribution in [0.4, 0.5) is 0 Å². The number of nitrogens with one attached hydrogen (secondary N) is 1. The predicted octanol–water partition coefficient (Wildman–Crippen LogP) is 1.41. The van der Waals surface area contributed by atoms with Gasteiger partial charge in [0.15, 0.2) is 11.8 Å². The lowest BCUT2D eigenvalue weighted by atomic mass is 9.89. The average molecular weight is 431 g/mol. The Morgan fingerprint density at radius 2 is 1.90 bits per heavy atom. The number of carbonyl (C=O) groups excluding carboxylic acids is 3. The van der Waals surface area contributed by atoms with Gasteiger partial charge in [-0.2, -0.15) is 0 Å². The second-order valence-corrected chi connectivity index (χ2v) is 7.63. The van der Waals surface area contributed by atoms with E-state index in [4.69, 9.17) is 14.6 Å². The van der Waals surface area contributed by atoms with Gasteiger partial charge in [-0.1, -0.05) is 41.5 Å². The lowest BCUT2D eigenvalue weighted by molar-refractivity contribution is -0.151. The Kier molecular flexibility index (Phi) is 7.54. The summed E-state index contributed by atoms with van der Waals surface area (Å²) in [5, 5.41) is 22.3. The molecule has 2 fully saturated rings. The highest BCUT2D eigenvalue weighted by Crippen LogP contribution is 2.50. The molecule has 0 bridgehead atoms. The number of carbonyl (C=O) groups is 3. The molecule has 1 amide bonds. The van der Waals surface area contributed by atoms with Crippen LogP contribution in [0.2, 0.25) is 0 Å². The molecular formula is C23H29NO7. The highest BCUT2D eigenvalue weighted by atomic mass is 16.7. The number of epoxide rings is 1. The van der Waals surface area contributed by atoms with Crippen molar-refractivity contribution in [2.75, 3.05) is 13.7 Å². The Bertz CT molecular complexity index is 924. The first-order valence-electron chi connectivity index (χ1n) is 9.90. The number of allylic oxidation sites excluding steroid dienone is 7. The second kappa shape index (κ2) is 9.55. The van der Waals surface area contributed by atoms with Crippen LogP contribution < -0.4 is 5.32 Å². The summed E-state index contributed by atoms with van der Waals surface area (Å²) in [6, 6.07) is 0. The fraction of sp³-hybridized carbons (Fsp3) is 0.435. The van der Waals surface area contributed by atoms with Gasteiger partial charge < -0.3 is 25.0 Å². The summed E-state index contributed by atoms with van der Waals surface area (Å²) in [5.41, 5.74) is -1.14. The summed E-state index contributed by atoms with van der Waals surface area (Å²) in [6.45, 7) is 6.71. The van der Waals surface area contributed by atoms with Gasteiger partial charge in [0.1, 0.15) is 0 Å². The van der Waals surface area contributed by atoms with Crippen molar-refractivity contribution in [3.05, 3.63) is 58.7 Å². The van der Waals surface area contributed by atoms with E-state index in [0.717, 1.165) is 11.1 Å². The number of amides is 1. The second-order valence-electron chi connectivity index (χ2n) is 7.63. The number of rotatable bonds is 9. The first-order valence-corrected chi connectivity index (χ1v) is 9.90. The van der Waals surface area contributed by atoms with Crippen molar-refractivity contribution >= 4 is 17.7 Å². The molecule has 168 valence electrons. The monoisotopic (exact) mass is 431 g/mol. The molecule has 2 rings (SSSR count). The molecule has 0 aliphatic carbocycles. The highest BCUT2D eigenvalue weighted by molar-refractivity contribution is 6.19. The van der Waals surface area contributed by atoms with Crippen molar-refractivity contribution in [2.24, 2.45) is 0 Å². The molecule has 2 aliphatic rings. The molecular weight excluding hydrogens is 402 g/mol. The van der Waals surface area contributed by atoms with Gasteiger partial charge in [0.05, 0.1) is 12.7 Å². The molecule has 0 saturated carbocycles. The fourth-order valence-electron chi connectivity index (χ4n) is 3.53. The molecule has 8 nitrogen and oxygen atoms in total. The molecule has 8 heteroatoms. The molecule has 2 aliphatic heterocycles. The minimum Gasteiger partial charge on any atom is -0.465 e. The van der Waals surface area contributed by atoms with Crippen LogP contribution in [0.25, 0.3) is 0 Å². The number of methoxy groups -OCH3 is 1. The van der Waals surface area contributed by atoms with Crippen LogP contribution in [0.15, 0.2) is 58.7 Å². The standard InChI is InChI=1S/C23H29NO7/c1-6-17(19(27)30-5)13-15(3)12-14(2)8-7-9-16(4)18(26)23(29)20-22(31-20,10-11-25)24-21(23)28/h6-9,12-13,20,25,29H,10-11H2,1-5H3,(H,24,28)/b8-7+,14-12+,15-13+,16-9+,17-6+/t20-,22+,23-/m1/s1. The predicted molar refractivity (Wildman–Crippen MR) is 114 cm³/mol. The lowest BCUT2D eigenvalue weighted by Crippen LogP contribution is -2.51. The number of ketones is 1. The maximum Gasteiger partial charge on any atom is 0.337 e. The van der Waals surface area contributed by atoms with E-state index in [1.165, 1.54) is 20.1 Å². The van der Waals surface area contributed by atoms with Crippen molar-refractivity contribution in [1.29, 1.82) is 0 Å². The molecule has 2 saturated heterocycles. The normalized spacial score (nSPS) is 29.1. The Labute approximate surface area is 181 Å². The van der Waals surface area contributed by atoms with E-state index < -0.39 is 35.1 Å². The Hall–Kier alpha value is -2.81. The minimum atomic E-state index is -2.30. The SMILES string of the molecule is C\C=C(/C=C(C)/C=C(C)/C=C/C=C(\C)C(=O)[C@]1(O)C(=O)N[C@@]2(CCO)O[C@@H]12)C(=O)OC. The molecule has 0 radical (unpaired) electrons.